The number of amides is 1. The molecule has 0 aliphatic carbocycles. The van der Waals surface area contributed by atoms with Crippen LogP contribution in [0.4, 0.5) is 10.1 Å². The van der Waals surface area contributed by atoms with Crippen LogP contribution < -0.4 is 9.62 Å². The lowest BCUT2D eigenvalue weighted by molar-refractivity contribution is 0.0746. The third-order valence-electron chi connectivity index (χ3n) is 6.18. The first-order valence-electron chi connectivity index (χ1n) is 11.3. The largest absolute Gasteiger partial charge is 0.377 e. The Labute approximate surface area is 198 Å². The summed E-state index contributed by atoms with van der Waals surface area (Å²) in [6.45, 7) is 3.79. The number of hydrogen-bond acceptors (Lipinski definition) is 6. The van der Waals surface area contributed by atoms with Gasteiger partial charge in [-0.25, -0.2) is 17.5 Å². The van der Waals surface area contributed by atoms with E-state index in [1.807, 2.05) is 4.90 Å². The van der Waals surface area contributed by atoms with Crippen LogP contribution in [0.1, 0.15) is 40.5 Å². The second kappa shape index (κ2) is 10.2. The number of carbonyl (C=O) groups excluding carboxylic acids is 2. The summed E-state index contributed by atoms with van der Waals surface area (Å²) in [5.41, 5.74) is 0.989. The summed E-state index contributed by atoms with van der Waals surface area (Å²) in [7, 11) is -3.77. The Morgan fingerprint density at radius 2 is 1.85 bits per heavy atom. The maximum Gasteiger partial charge on any atom is 0.254 e. The van der Waals surface area contributed by atoms with E-state index in [0.29, 0.717) is 44.0 Å². The van der Waals surface area contributed by atoms with E-state index in [1.54, 1.807) is 29.2 Å². The number of nitrogens with one attached hydrogen (secondary N) is 1. The van der Waals surface area contributed by atoms with Crippen molar-refractivity contribution < 1.29 is 27.1 Å². The van der Waals surface area contributed by atoms with Crippen LogP contribution in [0.5, 0.6) is 0 Å². The quantitative estimate of drug-likeness (QED) is 0.601. The van der Waals surface area contributed by atoms with Gasteiger partial charge in [0.25, 0.3) is 5.91 Å². The number of Topliss-reactive ketones (excluding diaryl/α,β-unsaturated/α-hetero) is 1. The third-order valence-corrected chi connectivity index (χ3v) is 7.60. The highest BCUT2D eigenvalue weighted by molar-refractivity contribution is 7.89. The molecule has 182 valence electrons. The molecule has 0 bridgehead atoms. The molecule has 8 nitrogen and oxygen atoms in total. The molecule has 1 amide bonds. The molecule has 0 spiro atoms. The molecule has 34 heavy (non-hydrogen) atoms. The SMILES string of the molecule is CC(=O)c1ccc(N2CCN(C(=O)c3cccc(S(=O)(=O)NCC4CCCO4)c3)CC2)c(F)c1. The van der Waals surface area contributed by atoms with Crippen LogP contribution in [0.15, 0.2) is 47.4 Å². The monoisotopic (exact) mass is 489 g/mol. The van der Waals surface area contributed by atoms with Crippen molar-refractivity contribution >= 4 is 27.4 Å². The van der Waals surface area contributed by atoms with E-state index in [2.05, 4.69) is 4.72 Å². The molecule has 2 fully saturated rings. The van der Waals surface area contributed by atoms with Gasteiger partial charge in [-0.3, -0.25) is 9.59 Å². The Bertz CT molecular complexity index is 1170. The van der Waals surface area contributed by atoms with Crippen LogP contribution in [0.2, 0.25) is 0 Å². The van der Waals surface area contributed by atoms with Crippen molar-refractivity contribution in [1.29, 1.82) is 0 Å². The van der Waals surface area contributed by atoms with Crippen LogP contribution in [-0.4, -0.2) is 70.4 Å². The number of ether oxygens (including phenoxy) is 1. The number of benzene rings is 2. The molecule has 0 radical (unpaired) electrons. The van der Waals surface area contributed by atoms with E-state index in [1.165, 1.54) is 25.1 Å². The molecular weight excluding hydrogens is 461 g/mol. The zero-order chi connectivity index (χ0) is 24.3. The maximum atomic E-state index is 14.5. The molecule has 2 aromatic rings. The summed E-state index contributed by atoms with van der Waals surface area (Å²) in [6.07, 6.45) is 1.61. The molecule has 2 aliphatic heterocycles. The average Bonchev–Trinajstić information content (AvgIpc) is 3.36. The molecule has 2 aromatic carbocycles. The lowest BCUT2D eigenvalue weighted by atomic mass is 10.1. The first-order chi connectivity index (χ1) is 16.2. The minimum Gasteiger partial charge on any atom is -0.377 e. The van der Waals surface area contributed by atoms with Gasteiger partial charge in [-0.05, 0) is 56.2 Å². The highest BCUT2D eigenvalue weighted by atomic mass is 32.2. The van der Waals surface area contributed by atoms with E-state index in [9.17, 15) is 22.4 Å². The Hall–Kier alpha value is -2.82. The van der Waals surface area contributed by atoms with Gasteiger partial charge in [0.2, 0.25) is 10.0 Å². The number of carbonyl (C=O) groups is 2. The zero-order valence-corrected chi connectivity index (χ0v) is 19.8. The van der Waals surface area contributed by atoms with Gasteiger partial charge < -0.3 is 14.5 Å². The summed E-state index contributed by atoms with van der Waals surface area (Å²) < 4.78 is 47.9. The average molecular weight is 490 g/mol. The highest BCUT2D eigenvalue weighted by Crippen LogP contribution is 2.23. The highest BCUT2D eigenvalue weighted by Gasteiger charge is 2.26. The van der Waals surface area contributed by atoms with Gasteiger partial charge in [-0.15, -0.1) is 0 Å². The molecule has 2 heterocycles. The van der Waals surface area contributed by atoms with Crippen LogP contribution >= 0.6 is 0 Å². The number of halogens is 1. The number of piperazine rings is 1. The fourth-order valence-electron chi connectivity index (χ4n) is 4.20. The van der Waals surface area contributed by atoms with Gasteiger partial charge in [0, 0.05) is 50.5 Å². The lowest BCUT2D eigenvalue weighted by Crippen LogP contribution is -2.49. The summed E-state index contributed by atoms with van der Waals surface area (Å²) in [4.78, 5) is 28.0. The second-order valence-corrected chi connectivity index (χ2v) is 10.3. The predicted octanol–water partition coefficient (Wildman–Crippen LogP) is 2.45. The fraction of sp³-hybridized carbons (Fsp3) is 0.417. The van der Waals surface area contributed by atoms with Crippen LogP contribution in [-0.2, 0) is 14.8 Å². The molecule has 0 aromatic heterocycles. The Morgan fingerprint density at radius 1 is 1.09 bits per heavy atom. The molecule has 1 N–H and O–H groups in total. The van der Waals surface area contributed by atoms with E-state index in [4.69, 9.17) is 4.74 Å². The number of sulfonamides is 1. The van der Waals surface area contributed by atoms with Crippen molar-refractivity contribution in [2.45, 2.75) is 30.8 Å². The van der Waals surface area contributed by atoms with Gasteiger partial charge in [0.05, 0.1) is 16.7 Å². The van der Waals surface area contributed by atoms with Crippen molar-refractivity contribution in [1.82, 2.24) is 9.62 Å². The van der Waals surface area contributed by atoms with Gasteiger partial charge in [0.1, 0.15) is 5.82 Å². The molecule has 4 rings (SSSR count). The lowest BCUT2D eigenvalue weighted by Gasteiger charge is -2.36. The van der Waals surface area contributed by atoms with Gasteiger partial charge in [-0.1, -0.05) is 6.07 Å². The predicted molar refractivity (Wildman–Crippen MR) is 125 cm³/mol. The minimum absolute atomic E-state index is 0.0302. The third kappa shape index (κ3) is 5.45. The van der Waals surface area contributed by atoms with Crippen molar-refractivity contribution in [3.63, 3.8) is 0 Å². The number of hydrogen-bond donors (Lipinski definition) is 1. The normalized spacial score (nSPS) is 18.8. The van der Waals surface area contributed by atoms with E-state index >= 15 is 0 Å². The number of anilines is 1. The number of ketones is 1. The topological polar surface area (TPSA) is 96.0 Å². The van der Waals surface area contributed by atoms with Crippen molar-refractivity contribution in [3.8, 4) is 0 Å². The molecule has 1 unspecified atom stereocenters. The Morgan fingerprint density at radius 3 is 2.50 bits per heavy atom. The number of rotatable bonds is 7. The maximum absolute atomic E-state index is 14.5. The van der Waals surface area contributed by atoms with Crippen LogP contribution in [0.25, 0.3) is 0 Å². The van der Waals surface area contributed by atoms with E-state index in [-0.39, 0.29) is 34.8 Å². The fourth-order valence-corrected chi connectivity index (χ4v) is 5.31. The summed E-state index contributed by atoms with van der Waals surface area (Å²) >= 11 is 0. The smallest absolute Gasteiger partial charge is 0.254 e. The zero-order valence-electron chi connectivity index (χ0n) is 19.0. The molecule has 2 saturated heterocycles. The van der Waals surface area contributed by atoms with E-state index in [0.717, 1.165) is 12.8 Å². The molecule has 0 saturated carbocycles. The molecule has 10 heteroatoms. The van der Waals surface area contributed by atoms with Gasteiger partial charge >= 0.3 is 0 Å². The van der Waals surface area contributed by atoms with Crippen molar-refractivity contribution in [2.24, 2.45) is 0 Å². The van der Waals surface area contributed by atoms with Crippen LogP contribution in [0.3, 0.4) is 0 Å². The van der Waals surface area contributed by atoms with Crippen molar-refractivity contribution in [3.05, 3.63) is 59.4 Å². The standard InChI is InChI=1S/C24H28FN3O5S/c1-17(29)18-7-8-23(22(25)15-18)27-9-11-28(12-10-27)24(30)19-4-2-6-21(14-19)34(31,32)26-16-20-5-3-13-33-20/h2,4,6-8,14-15,20,26H,3,5,9-13,16H2,1H3. The molecular formula is C24H28FN3O5S. The molecule has 1 atom stereocenters. The first-order valence-corrected chi connectivity index (χ1v) is 12.8. The Kier molecular flexibility index (Phi) is 7.30. The molecule has 2 aliphatic rings. The van der Waals surface area contributed by atoms with Crippen LogP contribution in [0, 0.1) is 5.82 Å². The summed E-state index contributed by atoms with van der Waals surface area (Å²) in [5, 5.41) is 0. The Balaban J connectivity index is 1.39. The second-order valence-electron chi connectivity index (χ2n) is 8.52. The minimum atomic E-state index is -3.77. The van der Waals surface area contributed by atoms with Gasteiger partial charge in [0.15, 0.2) is 5.78 Å². The number of nitrogens with zero attached hydrogens (tertiary/aromatic N) is 2. The first kappa shape index (κ1) is 24.3. The van der Waals surface area contributed by atoms with Gasteiger partial charge in [-0.2, -0.15) is 0 Å². The van der Waals surface area contributed by atoms with Crippen molar-refractivity contribution in [2.75, 3.05) is 44.2 Å². The summed E-state index contributed by atoms with van der Waals surface area (Å²) in [5.74, 6) is -0.948. The van der Waals surface area contributed by atoms with E-state index < -0.39 is 15.8 Å². The summed E-state index contributed by atoms with van der Waals surface area (Å²) in [6, 6.07) is 10.4.